The van der Waals surface area contributed by atoms with Crippen molar-refractivity contribution in [1.82, 2.24) is 10.2 Å². The van der Waals surface area contributed by atoms with E-state index in [1.807, 2.05) is 27.7 Å². The van der Waals surface area contributed by atoms with Crippen molar-refractivity contribution in [3.05, 3.63) is 0 Å². The summed E-state index contributed by atoms with van der Waals surface area (Å²) >= 11 is 0. The normalized spacial score (nSPS) is 28.8. The largest absolute Gasteiger partial charge is 0.377 e. The fourth-order valence-electron chi connectivity index (χ4n) is 2.99. The second kappa shape index (κ2) is 6.12. The molecule has 2 rings (SSSR count). The summed E-state index contributed by atoms with van der Waals surface area (Å²) in [6.45, 7) is 8.96. The number of ether oxygens (including phenoxy) is 1. The zero-order valence-electron chi connectivity index (χ0n) is 12.9. The van der Waals surface area contributed by atoms with Crippen LogP contribution in [-0.2, 0) is 14.3 Å². The van der Waals surface area contributed by atoms with E-state index in [1.165, 1.54) is 0 Å². The molecule has 2 amide bonds. The Kier molecular flexibility index (Phi) is 4.68. The predicted molar refractivity (Wildman–Crippen MR) is 76.1 cm³/mol. The third-order valence-corrected chi connectivity index (χ3v) is 4.08. The molecular formula is C15H26N2O3. The molecule has 114 valence electrons. The number of nitrogens with zero attached hydrogens (tertiary/aromatic N) is 1. The van der Waals surface area contributed by atoms with Crippen molar-refractivity contribution < 1.29 is 14.3 Å². The molecule has 0 aromatic carbocycles. The van der Waals surface area contributed by atoms with Crippen LogP contribution in [0.5, 0.6) is 0 Å². The standard InChI is InChI=1S/C15H26N2O3/c1-5-20-10(4)8-17-13(9(2)3)14(18)16-12(15(17)19)11-6-7-11/h9-13H,5-8H2,1-4H3,(H,16,18). The Balaban J connectivity index is 2.14. The molecule has 1 aliphatic heterocycles. The van der Waals surface area contributed by atoms with Crippen molar-refractivity contribution in [3.63, 3.8) is 0 Å². The van der Waals surface area contributed by atoms with E-state index in [0.29, 0.717) is 19.1 Å². The number of piperazine rings is 1. The smallest absolute Gasteiger partial charge is 0.246 e. The number of rotatable bonds is 6. The van der Waals surface area contributed by atoms with E-state index in [1.54, 1.807) is 4.90 Å². The summed E-state index contributed by atoms with van der Waals surface area (Å²) in [5.74, 6) is 0.495. The van der Waals surface area contributed by atoms with E-state index in [-0.39, 0.29) is 35.9 Å². The summed E-state index contributed by atoms with van der Waals surface area (Å²) in [5.41, 5.74) is 0. The number of amides is 2. The van der Waals surface area contributed by atoms with Crippen LogP contribution in [0.4, 0.5) is 0 Å². The quantitative estimate of drug-likeness (QED) is 0.795. The van der Waals surface area contributed by atoms with Crippen LogP contribution in [0.25, 0.3) is 0 Å². The van der Waals surface area contributed by atoms with Gasteiger partial charge in [0.1, 0.15) is 12.1 Å². The summed E-state index contributed by atoms with van der Waals surface area (Å²) in [6.07, 6.45) is 2.03. The molecule has 1 aliphatic carbocycles. The SMILES string of the molecule is CCOC(C)CN1C(=O)C(C2CC2)NC(=O)C1C(C)C. The van der Waals surface area contributed by atoms with Gasteiger partial charge in [-0.15, -0.1) is 0 Å². The van der Waals surface area contributed by atoms with Crippen molar-refractivity contribution in [2.24, 2.45) is 11.8 Å². The lowest BCUT2D eigenvalue weighted by Crippen LogP contribution is -2.66. The van der Waals surface area contributed by atoms with Crippen LogP contribution in [0.2, 0.25) is 0 Å². The summed E-state index contributed by atoms with van der Waals surface area (Å²) in [5, 5.41) is 2.92. The topological polar surface area (TPSA) is 58.6 Å². The van der Waals surface area contributed by atoms with Crippen LogP contribution in [0.1, 0.15) is 40.5 Å². The maximum absolute atomic E-state index is 12.7. The lowest BCUT2D eigenvalue weighted by molar-refractivity contribution is -0.153. The van der Waals surface area contributed by atoms with Crippen LogP contribution < -0.4 is 5.32 Å². The third kappa shape index (κ3) is 3.14. The summed E-state index contributed by atoms with van der Waals surface area (Å²) < 4.78 is 5.54. The van der Waals surface area contributed by atoms with E-state index >= 15 is 0 Å². The molecule has 20 heavy (non-hydrogen) atoms. The van der Waals surface area contributed by atoms with E-state index in [2.05, 4.69) is 5.32 Å². The summed E-state index contributed by atoms with van der Waals surface area (Å²) in [4.78, 5) is 26.7. The predicted octanol–water partition coefficient (Wildman–Crippen LogP) is 1.17. The Morgan fingerprint density at radius 3 is 2.45 bits per heavy atom. The van der Waals surface area contributed by atoms with Crippen molar-refractivity contribution in [1.29, 1.82) is 0 Å². The van der Waals surface area contributed by atoms with Gasteiger partial charge in [-0.1, -0.05) is 13.8 Å². The average molecular weight is 282 g/mol. The van der Waals surface area contributed by atoms with E-state index in [4.69, 9.17) is 4.74 Å². The highest BCUT2D eigenvalue weighted by Crippen LogP contribution is 2.35. The highest BCUT2D eigenvalue weighted by Gasteiger charge is 2.47. The Morgan fingerprint density at radius 1 is 1.30 bits per heavy atom. The van der Waals surface area contributed by atoms with Crippen molar-refractivity contribution in [2.75, 3.05) is 13.2 Å². The molecule has 5 heteroatoms. The number of hydrogen-bond acceptors (Lipinski definition) is 3. The zero-order chi connectivity index (χ0) is 14.9. The summed E-state index contributed by atoms with van der Waals surface area (Å²) in [7, 11) is 0. The minimum atomic E-state index is -0.375. The second-order valence-corrected chi connectivity index (χ2v) is 6.27. The van der Waals surface area contributed by atoms with Gasteiger partial charge in [-0.25, -0.2) is 0 Å². The molecule has 0 aromatic rings. The molecule has 0 radical (unpaired) electrons. The lowest BCUT2D eigenvalue weighted by Gasteiger charge is -2.42. The first-order valence-electron chi connectivity index (χ1n) is 7.68. The van der Waals surface area contributed by atoms with Crippen LogP contribution >= 0.6 is 0 Å². The number of nitrogens with one attached hydrogen (secondary N) is 1. The minimum Gasteiger partial charge on any atom is -0.377 e. The molecule has 1 saturated heterocycles. The number of carbonyl (C=O) groups is 2. The van der Waals surface area contributed by atoms with Gasteiger partial charge < -0.3 is 15.0 Å². The lowest BCUT2D eigenvalue weighted by atomic mass is 9.95. The van der Waals surface area contributed by atoms with Gasteiger partial charge in [-0.05, 0) is 38.5 Å². The maximum atomic E-state index is 12.7. The van der Waals surface area contributed by atoms with Gasteiger partial charge in [0.25, 0.3) is 0 Å². The molecule has 3 atom stereocenters. The van der Waals surface area contributed by atoms with Crippen LogP contribution in [0, 0.1) is 11.8 Å². The van der Waals surface area contributed by atoms with Gasteiger partial charge in [0, 0.05) is 13.2 Å². The van der Waals surface area contributed by atoms with Gasteiger partial charge >= 0.3 is 0 Å². The average Bonchev–Trinajstić information content (AvgIpc) is 3.17. The fourth-order valence-corrected chi connectivity index (χ4v) is 2.99. The van der Waals surface area contributed by atoms with Gasteiger partial charge in [-0.3, -0.25) is 9.59 Å². The van der Waals surface area contributed by atoms with E-state index in [9.17, 15) is 9.59 Å². The molecule has 2 aliphatic rings. The Labute approximate surface area is 121 Å². The van der Waals surface area contributed by atoms with Crippen molar-refractivity contribution >= 4 is 11.8 Å². The van der Waals surface area contributed by atoms with Gasteiger partial charge in [0.15, 0.2) is 0 Å². The van der Waals surface area contributed by atoms with Crippen LogP contribution in [-0.4, -0.2) is 48.1 Å². The molecule has 0 bridgehead atoms. The maximum Gasteiger partial charge on any atom is 0.246 e. The van der Waals surface area contributed by atoms with Gasteiger partial charge in [0.05, 0.1) is 6.10 Å². The molecular weight excluding hydrogens is 256 g/mol. The molecule has 1 N–H and O–H groups in total. The Morgan fingerprint density at radius 2 is 1.95 bits per heavy atom. The molecule has 5 nitrogen and oxygen atoms in total. The van der Waals surface area contributed by atoms with Gasteiger partial charge in [-0.2, -0.15) is 0 Å². The third-order valence-electron chi connectivity index (χ3n) is 4.08. The molecule has 1 heterocycles. The Bertz CT molecular complexity index is 379. The van der Waals surface area contributed by atoms with Gasteiger partial charge in [0.2, 0.25) is 11.8 Å². The minimum absolute atomic E-state index is 0.0137. The first-order valence-corrected chi connectivity index (χ1v) is 7.68. The van der Waals surface area contributed by atoms with Crippen molar-refractivity contribution in [2.45, 2.75) is 58.7 Å². The molecule has 2 fully saturated rings. The van der Waals surface area contributed by atoms with Crippen LogP contribution in [0.3, 0.4) is 0 Å². The molecule has 0 aromatic heterocycles. The summed E-state index contributed by atoms with van der Waals surface area (Å²) in [6, 6.07) is -0.688. The van der Waals surface area contributed by atoms with Crippen molar-refractivity contribution in [3.8, 4) is 0 Å². The highest BCUT2D eigenvalue weighted by molar-refractivity contribution is 5.97. The number of hydrogen-bond donors (Lipinski definition) is 1. The van der Waals surface area contributed by atoms with E-state index < -0.39 is 0 Å². The molecule has 1 saturated carbocycles. The highest BCUT2D eigenvalue weighted by atomic mass is 16.5. The second-order valence-electron chi connectivity index (χ2n) is 6.27. The zero-order valence-corrected chi connectivity index (χ0v) is 12.9. The van der Waals surface area contributed by atoms with Crippen LogP contribution in [0.15, 0.2) is 0 Å². The Hall–Kier alpha value is -1.10. The fraction of sp³-hybridized carbons (Fsp3) is 0.867. The van der Waals surface area contributed by atoms with E-state index in [0.717, 1.165) is 12.8 Å². The monoisotopic (exact) mass is 282 g/mol. The first kappa shape index (κ1) is 15.3. The first-order chi connectivity index (χ1) is 9.45. The molecule has 3 unspecified atom stereocenters. The molecule has 0 spiro atoms. The number of carbonyl (C=O) groups excluding carboxylic acids is 2.